The minimum Gasteiger partial charge on any atom is -0.854 e. The third kappa shape index (κ3) is 51.0. The molecule has 0 atom stereocenters. The molecule has 32 heavy (non-hydrogen) atoms. The number of aliphatic carboxylic acids is 2. The average Bonchev–Trinajstić information content (AvgIpc) is 2.57. The molecular weight excluding hydrogens is 531 g/mol. The molecule has 0 saturated carbocycles. The van der Waals surface area contributed by atoms with Crippen LogP contribution >= 0.6 is 0 Å². The van der Waals surface area contributed by atoms with E-state index in [9.17, 15) is 10.2 Å². The molecule has 2 rings (SSSR count). The Morgan fingerprint density at radius 3 is 1.09 bits per heavy atom. The summed E-state index contributed by atoms with van der Waals surface area (Å²) in [5.74, 6) is -2.17. The third-order valence-electron chi connectivity index (χ3n) is 2.17. The van der Waals surface area contributed by atoms with Gasteiger partial charge < -0.3 is 51.9 Å². The molecule has 0 amide bonds. The van der Waals surface area contributed by atoms with Crippen molar-refractivity contribution in [1.29, 1.82) is 0 Å². The van der Waals surface area contributed by atoms with E-state index in [2.05, 4.69) is 9.97 Å². The molecule has 0 aliphatic rings. The number of hydrogen-bond donors (Lipinski definition) is 0. The van der Waals surface area contributed by atoms with Crippen molar-refractivity contribution in [1.82, 2.24) is 9.97 Å². The zero-order valence-electron chi connectivity index (χ0n) is 17.4. The first kappa shape index (κ1) is 52.2. The van der Waals surface area contributed by atoms with Crippen LogP contribution in [0.25, 0.3) is 0 Å². The third-order valence-corrected chi connectivity index (χ3v) is 2.17. The van der Waals surface area contributed by atoms with Crippen LogP contribution in [0.5, 0.6) is 0 Å². The van der Waals surface area contributed by atoms with Crippen LogP contribution in [0.15, 0.2) is 48.8 Å². The summed E-state index contributed by atoms with van der Waals surface area (Å²) in [6, 6.07) is 11.2. The van der Waals surface area contributed by atoms with Crippen molar-refractivity contribution in [2.75, 3.05) is 13.2 Å². The maximum atomic E-state index is 10.1. The molecule has 2 aromatic rings. The molecule has 2 heterocycles. The summed E-state index contributed by atoms with van der Waals surface area (Å²) >= 11 is 0. The zero-order chi connectivity index (χ0) is 20.2. The van der Waals surface area contributed by atoms with Gasteiger partial charge in [-0.25, -0.2) is 0 Å². The Bertz CT molecular complexity index is 535. The van der Waals surface area contributed by atoms with Gasteiger partial charge in [-0.05, 0) is 51.0 Å². The van der Waals surface area contributed by atoms with Gasteiger partial charge in [0.2, 0.25) is 0 Å². The van der Waals surface area contributed by atoms with E-state index in [1.54, 1.807) is 12.4 Å². The van der Waals surface area contributed by atoms with E-state index in [1.165, 1.54) is 0 Å². The number of carboxylic acids is 2. The second-order valence-electron chi connectivity index (χ2n) is 4.53. The van der Waals surface area contributed by atoms with E-state index >= 15 is 0 Å². The number of carbonyl (C=O) groups excluding carboxylic acids is 2. The first-order chi connectivity index (χ1) is 12.3. The van der Waals surface area contributed by atoms with Gasteiger partial charge in [0.15, 0.2) is 0 Å². The Morgan fingerprint density at radius 1 is 0.688 bits per heavy atom. The van der Waals surface area contributed by atoms with E-state index in [-0.39, 0.29) is 69.3 Å². The van der Waals surface area contributed by atoms with Crippen molar-refractivity contribution in [3.8, 4) is 0 Å². The summed E-state index contributed by atoms with van der Waals surface area (Å²) in [5, 5.41) is 37.9. The predicted molar refractivity (Wildman–Crippen MR) is 101 cm³/mol. The zero-order valence-corrected chi connectivity index (χ0v) is 19.3. The second-order valence-corrected chi connectivity index (χ2v) is 4.53. The fourth-order valence-electron chi connectivity index (χ4n) is 1.30. The van der Waals surface area contributed by atoms with E-state index in [1.807, 2.05) is 36.4 Å². The molecular formula is C18H30Cu2N2O10. The Hall–Kier alpha value is -1.96. The molecule has 2 radical (unpaired) electrons. The molecule has 8 N–H and O–H groups in total. The van der Waals surface area contributed by atoms with Gasteiger partial charge in [-0.3, -0.25) is 9.97 Å². The van der Waals surface area contributed by atoms with Gasteiger partial charge in [0.1, 0.15) is 0 Å². The Balaban J connectivity index is -0.0000000399. The van der Waals surface area contributed by atoms with Gasteiger partial charge in [0.25, 0.3) is 0 Å². The van der Waals surface area contributed by atoms with Crippen molar-refractivity contribution in [3.63, 3.8) is 0 Å². The summed E-state index contributed by atoms with van der Waals surface area (Å²) in [6.45, 7) is 1.80. The first-order valence-corrected chi connectivity index (χ1v) is 7.64. The van der Waals surface area contributed by atoms with Crippen LogP contribution in [0.1, 0.15) is 25.2 Å². The summed E-state index contributed by atoms with van der Waals surface area (Å²) in [5.41, 5.74) is 1.76. The van der Waals surface area contributed by atoms with Crippen LogP contribution in [-0.4, -0.2) is 57.0 Å². The van der Waals surface area contributed by atoms with Crippen LogP contribution in [0.4, 0.5) is 0 Å². The van der Waals surface area contributed by atoms with Gasteiger partial charge in [-0.15, -0.1) is 13.2 Å². The molecule has 0 saturated heterocycles. The minimum atomic E-state index is -1.08. The molecule has 14 heteroatoms. The van der Waals surface area contributed by atoms with Gasteiger partial charge in [0, 0.05) is 35.7 Å². The quantitative estimate of drug-likeness (QED) is 0.323. The average molecular weight is 562 g/mol. The minimum absolute atomic E-state index is 0. The molecule has 194 valence electrons. The largest absolute Gasteiger partial charge is 2.00 e. The second kappa shape index (κ2) is 39.5. The van der Waals surface area contributed by atoms with Gasteiger partial charge in [-0.2, -0.15) is 0 Å². The summed E-state index contributed by atoms with van der Waals surface area (Å²) < 4.78 is 0. The summed E-state index contributed by atoms with van der Waals surface area (Å²) in [4.78, 5) is 25.7. The normalized spacial score (nSPS) is 6.88. The van der Waals surface area contributed by atoms with E-state index < -0.39 is 11.9 Å². The van der Waals surface area contributed by atoms with Crippen molar-refractivity contribution in [3.05, 3.63) is 60.2 Å². The molecule has 0 aliphatic heterocycles. The number of pyridine rings is 2. The van der Waals surface area contributed by atoms with Crippen LogP contribution in [0.3, 0.4) is 0 Å². The van der Waals surface area contributed by atoms with E-state index in [0.29, 0.717) is 12.8 Å². The van der Waals surface area contributed by atoms with Crippen molar-refractivity contribution in [2.45, 2.75) is 26.7 Å². The number of carbonyl (C=O) groups is 2. The van der Waals surface area contributed by atoms with Crippen molar-refractivity contribution < 1.29 is 86.1 Å². The maximum Gasteiger partial charge on any atom is 2.00 e. The monoisotopic (exact) mass is 560 g/mol. The first-order valence-electron chi connectivity index (χ1n) is 7.64. The fraction of sp³-hybridized carbons (Fsp3) is 0.333. The van der Waals surface area contributed by atoms with Crippen LogP contribution in [-0.2, 0) is 56.6 Å². The Morgan fingerprint density at radius 2 is 0.938 bits per heavy atom. The number of rotatable bonds is 4. The maximum absolute atomic E-state index is 10.1. The SMILES string of the molecule is CC(=O)[O-].CC(=O)[O-].O.O.O.O.[Cu+2].[Cu+2].[O-]CCc1ccccn1.[O-]CCc1ccccn1. The van der Waals surface area contributed by atoms with Gasteiger partial charge >= 0.3 is 34.1 Å². The summed E-state index contributed by atoms with van der Waals surface area (Å²) in [6.07, 6.45) is 4.48. The molecule has 0 fully saturated rings. The topological polar surface area (TPSA) is 278 Å². The van der Waals surface area contributed by atoms with Crippen molar-refractivity contribution >= 4 is 11.9 Å². The molecule has 12 nitrogen and oxygen atoms in total. The molecule has 0 spiro atoms. The molecule has 2 aromatic heterocycles. The molecule has 0 aromatic carbocycles. The summed E-state index contributed by atoms with van der Waals surface area (Å²) in [7, 11) is 0. The van der Waals surface area contributed by atoms with E-state index in [0.717, 1.165) is 25.2 Å². The van der Waals surface area contributed by atoms with Gasteiger partial charge in [-0.1, -0.05) is 12.1 Å². The predicted octanol–water partition coefficient (Wildman–Crippen LogP) is -5.82. The number of nitrogens with zero attached hydrogens (tertiary/aromatic N) is 2. The standard InChI is InChI=1S/2C7H8NO.2C2H4O2.2Cu.4H2O/c2*9-6-4-7-3-1-2-5-8-7;2*1-2(3)4;;;;;;/h2*1-3,5H,4,6H2;2*1H3,(H,3,4);;;4*1H2/q2*-1;;;2*+2;;;;/p-2. The van der Waals surface area contributed by atoms with Crippen LogP contribution in [0, 0.1) is 0 Å². The van der Waals surface area contributed by atoms with Gasteiger partial charge in [0.05, 0.1) is 0 Å². The smallest absolute Gasteiger partial charge is 0.854 e. The number of aromatic nitrogens is 2. The molecule has 0 unspecified atom stereocenters. The van der Waals surface area contributed by atoms with Crippen LogP contribution in [0.2, 0.25) is 0 Å². The number of hydrogen-bond acceptors (Lipinski definition) is 8. The Kier molecular flexibility index (Phi) is 64.4. The van der Waals surface area contributed by atoms with Crippen molar-refractivity contribution in [2.24, 2.45) is 0 Å². The number of carboxylic acid groups (broad SMARTS) is 2. The molecule has 0 bridgehead atoms. The fourth-order valence-corrected chi connectivity index (χ4v) is 1.30. The van der Waals surface area contributed by atoms with Crippen LogP contribution < -0.4 is 20.4 Å². The Labute approximate surface area is 207 Å². The van der Waals surface area contributed by atoms with E-state index in [4.69, 9.17) is 19.8 Å². The molecule has 0 aliphatic carbocycles.